The highest BCUT2D eigenvalue weighted by Crippen LogP contribution is 2.26. The molecule has 0 aromatic heterocycles. The number of halogens is 1. The van der Waals surface area contributed by atoms with Crippen LogP contribution in [0.4, 0.5) is 5.69 Å². The Bertz CT molecular complexity index is 479. The Labute approximate surface area is 114 Å². The largest absolute Gasteiger partial charge is 0.384 e. The predicted molar refractivity (Wildman–Crippen MR) is 79.3 cm³/mol. The second kappa shape index (κ2) is 6.46. The third kappa shape index (κ3) is 3.51. The van der Waals surface area contributed by atoms with Gasteiger partial charge < -0.3 is 5.32 Å². The molecule has 0 radical (unpaired) electrons. The van der Waals surface area contributed by atoms with Crippen LogP contribution >= 0.6 is 11.6 Å². The molecule has 0 heterocycles. The average Bonchev–Trinajstić information content (AvgIpc) is 2.40. The molecular formula is C16H18ClN. The molecule has 0 spiro atoms. The van der Waals surface area contributed by atoms with Crippen molar-refractivity contribution >= 4 is 17.3 Å². The maximum atomic E-state index is 6.16. The lowest BCUT2D eigenvalue weighted by Crippen LogP contribution is -2.07. The van der Waals surface area contributed by atoms with Crippen LogP contribution in [0.3, 0.4) is 0 Å². The van der Waals surface area contributed by atoms with Gasteiger partial charge in [0.2, 0.25) is 0 Å². The maximum absolute atomic E-state index is 6.16. The van der Waals surface area contributed by atoms with Crippen molar-refractivity contribution in [2.45, 2.75) is 18.7 Å². The van der Waals surface area contributed by atoms with Crippen LogP contribution in [0.1, 0.15) is 23.4 Å². The van der Waals surface area contributed by atoms with Crippen molar-refractivity contribution < 1.29 is 0 Å². The molecule has 2 heteroatoms. The van der Waals surface area contributed by atoms with Gasteiger partial charge in [0.15, 0.2) is 0 Å². The van der Waals surface area contributed by atoms with Crippen molar-refractivity contribution in [2.24, 2.45) is 0 Å². The third-order valence-corrected chi connectivity index (χ3v) is 3.20. The number of benzene rings is 2. The Morgan fingerprint density at radius 2 is 1.67 bits per heavy atom. The van der Waals surface area contributed by atoms with Crippen LogP contribution in [0.25, 0.3) is 0 Å². The van der Waals surface area contributed by atoms with Crippen LogP contribution in [0.5, 0.6) is 0 Å². The molecule has 1 N–H and O–H groups in total. The van der Waals surface area contributed by atoms with Crippen molar-refractivity contribution in [3.05, 3.63) is 65.7 Å². The molecule has 0 aliphatic carbocycles. The van der Waals surface area contributed by atoms with Crippen LogP contribution in [0.2, 0.25) is 0 Å². The summed E-state index contributed by atoms with van der Waals surface area (Å²) in [4.78, 5) is 0. The van der Waals surface area contributed by atoms with Gasteiger partial charge in [-0.15, -0.1) is 11.6 Å². The summed E-state index contributed by atoms with van der Waals surface area (Å²) in [7, 11) is 0. The summed E-state index contributed by atoms with van der Waals surface area (Å²) < 4.78 is 0. The lowest BCUT2D eigenvalue weighted by Gasteiger charge is -2.13. The zero-order chi connectivity index (χ0) is 12.8. The zero-order valence-electron chi connectivity index (χ0n) is 10.6. The van der Waals surface area contributed by atoms with Gasteiger partial charge in [-0.3, -0.25) is 0 Å². The predicted octanol–water partition coefficient (Wildman–Crippen LogP) is 4.64. The number of nitrogens with one attached hydrogen (secondary N) is 1. The summed E-state index contributed by atoms with van der Waals surface area (Å²) in [6, 6.07) is 18.7. The van der Waals surface area contributed by atoms with Gasteiger partial charge >= 0.3 is 0 Å². The fourth-order valence-corrected chi connectivity index (χ4v) is 2.18. The zero-order valence-corrected chi connectivity index (χ0v) is 11.3. The van der Waals surface area contributed by atoms with Gasteiger partial charge in [0.05, 0.1) is 5.38 Å². The summed E-state index contributed by atoms with van der Waals surface area (Å²) in [5.41, 5.74) is 3.64. The molecule has 2 aromatic rings. The second-order valence-corrected chi connectivity index (χ2v) is 5.02. The normalized spacial score (nSPS) is 12.1. The van der Waals surface area contributed by atoms with E-state index in [1.807, 2.05) is 25.1 Å². The molecule has 0 fully saturated rings. The minimum absolute atomic E-state index is 0.0328. The first-order valence-electron chi connectivity index (χ1n) is 6.28. The van der Waals surface area contributed by atoms with Gasteiger partial charge in [-0.1, -0.05) is 48.5 Å². The molecule has 94 valence electrons. The van der Waals surface area contributed by atoms with Crippen molar-refractivity contribution in [1.82, 2.24) is 0 Å². The molecule has 0 aliphatic heterocycles. The molecule has 2 aromatic carbocycles. The quantitative estimate of drug-likeness (QED) is 0.772. The van der Waals surface area contributed by atoms with Crippen LogP contribution in [-0.2, 0) is 6.42 Å². The Morgan fingerprint density at radius 3 is 2.39 bits per heavy atom. The monoisotopic (exact) mass is 259 g/mol. The first-order valence-corrected chi connectivity index (χ1v) is 6.72. The van der Waals surface area contributed by atoms with Crippen molar-refractivity contribution in [1.29, 1.82) is 0 Å². The van der Waals surface area contributed by atoms with E-state index in [0.717, 1.165) is 24.2 Å². The van der Waals surface area contributed by atoms with E-state index < -0.39 is 0 Å². The first kappa shape index (κ1) is 13.0. The van der Waals surface area contributed by atoms with Gasteiger partial charge in [-0.2, -0.15) is 0 Å². The van der Waals surface area contributed by atoms with Crippen molar-refractivity contribution in [3.8, 4) is 0 Å². The molecule has 0 amide bonds. The Balaban J connectivity index is 1.94. The molecule has 0 aliphatic rings. The number of rotatable bonds is 5. The van der Waals surface area contributed by atoms with E-state index in [4.69, 9.17) is 11.6 Å². The summed E-state index contributed by atoms with van der Waals surface area (Å²) in [6.07, 6.45) is 1.02. The highest BCUT2D eigenvalue weighted by molar-refractivity contribution is 6.21. The number of anilines is 1. The van der Waals surface area contributed by atoms with Crippen LogP contribution in [0.15, 0.2) is 54.6 Å². The van der Waals surface area contributed by atoms with Crippen LogP contribution in [0, 0.1) is 0 Å². The fraction of sp³-hybridized carbons (Fsp3) is 0.250. The minimum atomic E-state index is 0.0328. The smallest absolute Gasteiger partial charge is 0.0577 e. The molecule has 1 nitrogen and oxygen atoms in total. The van der Waals surface area contributed by atoms with E-state index >= 15 is 0 Å². The molecular weight excluding hydrogens is 242 g/mol. The number of hydrogen-bond acceptors (Lipinski definition) is 1. The van der Waals surface area contributed by atoms with Crippen LogP contribution < -0.4 is 5.32 Å². The molecule has 0 saturated heterocycles. The van der Waals surface area contributed by atoms with Crippen LogP contribution in [-0.4, -0.2) is 6.54 Å². The van der Waals surface area contributed by atoms with Gasteiger partial charge in [0.1, 0.15) is 0 Å². The highest BCUT2D eigenvalue weighted by atomic mass is 35.5. The van der Waals surface area contributed by atoms with Crippen molar-refractivity contribution in [2.75, 3.05) is 11.9 Å². The summed E-state index contributed by atoms with van der Waals surface area (Å²) in [5, 5.41) is 3.49. The molecule has 1 unspecified atom stereocenters. The second-order valence-electron chi connectivity index (χ2n) is 4.37. The Hall–Kier alpha value is -1.47. The Kier molecular flexibility index (Phi) is 4.66. The van der Waals surface area contributed by atoms with E-state index in [9.17, 15) is 0 Å². The lowest BCUT2D eigenvalue weighted by atomic mass is 10.1. The van der Waals surface area contributed by atoms with Gasteiger partial charge in [0.25, 0.3) is 0 Å². The van der Waals surface area contributed by atoms with E-state index in [0.29, 0.717) is 0 Å². The number of alkyl halides is 1. The summed E-state index contributed by atoms with van der Waals surface area (Å²) in [5.74, 6) is 0. The molecule has 0 bridgehead atoms. The van der Waals surface area contributed by atoms with E-state index in [-0.39, 0.29) is 5.38 Å². The van der Waals surface area contributed by atoms with E-state index in [1.54, 1.807) is 0 Å². The van der Waals surface area contributed by atoms with Gasteiger partial charge in [-0.05, 0) is 30.5 Å². The van der Waals surface area contributed by atoms with Crippen molar-refractivity contribution in [3.63, 3.8) is 0 Å². The molecule has 1 atom stereocenters. The maximum Gasteiger partial charge on any atom is 0.0577 e. The van der Waals surface area contributed by atoms with E-state index in [1.165, 1.54) is 5.56 Å². The standard InChI is InChI=1S/C16H18ClN/c1-13(17)15-9-5-6-10-16(15)18-12-11-14-7-3-2-4-8-14/h2-10,13,18H,11-12H2,1H3. The van der Waals surface area contributed by atoms with E-state index in [2.05, 4.69) is 41.7 Å². The van der Waals surface area contributed by atoms with Gasteiger partial charge in [0, 0.05) is 12.2 Å². The highest BCUT2D eigenvalue weighted by Gasteiger charge is 2.06. The third-order valence-electron chi connectivity index (χ3n) is 2.96. The SMILES string of the molecule is CC(Cl)c1ccccc1NCCc1ccccc1. The molecule has 0 saturated carbocycles. The summed E-state index contributed by atoms with van der Waals surface area (Å²) in [6.45, 7) is 2.92. The summed E-state index contributed by atoms with van der Waals surface area (Å²) >= 11 is 6.16. The molecule has 18 heavy (non-hydrogen) atoms. The number of hydrogen-bond donors (Lipinski definition) is 1. The topological polar surface area (TPSA) is 12.0 Å². The Morgan fingerprint density at radius 1 is 1.00 bits per heavy atom. The number of para-hydroxylation sites is 1. The van der Waals surface area contributed by atoms with Gasteiger partial charge in [-0.25, -0.2) is 0 Å². The molecule has 2 rings (SSSR count). The average molecular weight is 260 g/mol. The minimum Gasteiger partial charge on any atom is -0.384 e. The fourth-order valence-electron chi connectivity index (χ4n) is 1.99. The first-order chi connectivity index (χ1) is 8.77. The lowest BCUT2D eigenvalue weighted by molar-refractivity contribution is 1.00.